The molecular weight excluding hydrogens is 376 g/mol. The predicted octanol–water partition coefficient (Wildman–Crippen LogP) is 2.62. The minimum atomic E-state index is 0.663. The number of hydrogen-bond donors (Lipinski definition) is 0. The number of aryl methyl sites for hydroxylation is 2. The van der Waals surface area contributed by atoms with E-state index in [1.165, 1.54) is 11.9 Å². The first-order valence-corrected chi connectivity index (χ1v) is 9.87. The van der Waals surface area contributed by atoms with E-state index < -0.39 is 0 Å². The first-order valence-electron chi connectivity index (χ1n) is 9.49. The van der Waals surface area contributed by atoms with Crippen LogP contribution in [-0.4, -0.2) is 56.1 Å². The van der Waals surface area contributed by atoms with E-state index in [2.05, 4.69) is 36.0 Å². The van der Waals surface area contributed by atoms with Gasteiger partial charge in [-0.25, -0.2) is 9.97 Å². The highest BCUT2D eigenvalue weighted by Crippen LogP contribution is 2.18. The van der Waals surface area contributed by atoms with Gasteiger partial charge in [-0.15, -0.1) is 10.2 Å². The number of piperazine rings is 1. The molecule has 3 aromatic rings. The SMILES string of the molecule is Clc1ccccc1CN1CCN(Cc2nnc(CCc3cncnc3)o2)CC1. The van der Waals surface area contributed by atoms with Crippen LogP contribution in [0.2, 0.25) is 5.02 Å². The van der Waals surface area contributed by atoms with E-state index in [0.717, 1.165) is 49.7 Å². The summed E-state index contributed by atoms with van der Waals surface area (Å²) in [5.41, 5.74) is 2.25. The molecule has 8 heteroatoms. The molecule has 0 spiro atoms. The zero-order valence-corrected chi connectivity index (χ0v) is 16.4. The fourth-order valence-electron chi connectivity index (χ4n) is 3.33. The molecule has 0 amide bonds. The van der Waals surface area contributed by atoms with Gasteiger partial charge in [0.2, 0.25) is 11.8 Å². The zero-order chi connectivity index (χ0) is 19.2. The van der Waals surface area contributed by atoms with E-state index in [4.69, 9.17) is 16.0 Å². The number of halogens is 1. The van der Waals surface area contributed by atoms with Gasteiger partial charge in [0.1, 0.15) is 6.33 Å². The highest BCUT2D eigenvalue weighted by atomic mass is 35.5. The molecule has 0 saturated carbocycles. The Bertz CT molecular complexity index is 879. The van der Waals surface area contributed by atoms with E-state index in [0.29, 0.717) is 24.7 Å². The van der Waals surface area contributed by atoms with Crippen LogP contribution in [0.4, 0.5) is 0 Å². The molecule has 0 bridgehead atoms. The summed E-state index contributed by atoms with van der Waals surface area (Å²) >= 11 is 6.27. The van der Waals surface area contributed by atoms with E-state index in [1.54, 1.807) is 0 Å². The highest BCUT2D eigenvalue weighted by Gasteiger charge is 2.19. The predicted molar refractivity (Wildman–Crippen MR) is 106 cm³/mol. The summed E-state index contributed by atoms with van der Waals surface area (Å²) in [5.74, 6) is 1.34. The fourth-order valence-corrected chi connectivity index (χ4v) is 3.52. The second-order valence-corrected chi connectivity index (χ2v) is 7.39. The summed E-state index contributed by atoms with van der Waals surface area (Å²) in [6, 6.07) is 8.05. The quantitative estimate of drug-likeness (QED) is 0.605. The van der Waals surface area contributed by atoms with Gasteiger partial charge in [0.15, 0.2) is 0 Å². The minimum Gasteiger partial charge on any atom is -0.424 e. The smallest absolute Gasteiger partial charge is 0.230 e. The van der Waals surface area contributed by atoms with Crippen molar-refractivity contribution < 1.29 is 4.42 Å². The molecule has 0 aliphatic carbocycles. The first kappa shape index (κ1) is 19.0. The molecule has 2 aromatic heterocycles. The van der Waals surface area contributed by atoms with Gasteiger partial charge in [0, 0.05) is 56.6 Å². The molecule has 0 radical (unpaired) electrons. The number of rotatable bonds is 7. The molecular formula is C20H23ClN6O. The van der Waals surface area contributed by atoms with Crippen LogP contribution < -0.4 is 0 Å². The normalized spacial score (nSPS) is 15.8. The molecule has 1 aliphatic rings. The maximum absolute atomic E-state index is 6.27. The molecule has 7 nitrogen and oxygen atoms in total. The maximum atomic E-state index is 6.27. The van der Waals surface area contributed by atoms with Gasteiger partial charge in [-0.2, -0.15) is 0 Å². The van der Waals surface area contributed by atoms with Crippen molar-refractivity contribution in [1.29, 1.82) is 0 Å². The van der Waals surface area contributed by atoms with Crippen LogP contribution in [0.5, 0.6) is 0 Å². The fraction of sp³-hybridized carbons (Fsp3) is 0.400. The molecule has 1 aliphatic heterocycles. The third-order valence-corrected chi connectivity index (χ3v) is 5.29. The van der Waals surface area contributed by atoms with Crippen molar-refractivity contribution in [2.24, 2.45) is 0 Å². The van der Waals surface area contributed by atoms with Gasteiger partial charge < -0.3 is 4.42 Å². The molecule has 1 saturated heterocycles. The van der Waals surface area contributed by atoms with Gasteiger partial charge in [0.05, 0.1) is 6.54 Å². The molecule has 146 valence electrons. The third-order valence-electron chi connectivity index (χ3n) is 4.93. The van der Waals surface area contributed by atoms with Crippen molar-refractivity contribution in [3.63, 3.8) is 0 Å². The van der Waals surface area contributed by atoms with Gasteiger partial charge in [-0.05, 0) is 23.6 Å². The van der Waals surface area contributed by atoms with Crippen LogP contribution in [0, 0.1) is 0 Å². The minimum absolute atomic E-state index is 0.663. The van der Waals surface area contributed by atoms with Crippen LogP contribution in [0.25, 0.3) is 0 Å². The Hall–Kier alpha value is -2.35. The van der Waals surface area contributed by atoms with Crippen LogP contribution in [0.15, 0.2) is 47.4 Å². The second kappa shape index (κ2) is 9.23. The monoisotopic (exact) mass is 398 g/mol. The standard InChI is InChI=1S/C20H23ClN6O/c21-18-4-2-1-3-17(18)13-26-7-9-27(10-8-26)14-20-25-24-19(28-20)6-5-16-11-22-15-23-12-16/h1-4,11-12,15H,5-10,13-14H2. The zero-order valence-electron chi connectivity index (χ0n) is 15.7. The van der Waals surface area contributed by atoms with Gasteiger partial charge in [-0.1, -0.05) is 29.8 Å². The van der Waals surface area contributed by atoms with E-state index in [1.807, 2.05) is 30.6 Å². The summed E-state index contributed by atoms with van der Waals surface area (Å²) in [6.07, 6.45) is 6.65. The van der Waals surface area contributed by atoms with Crippen molar-refractivity contribution >= 4 is 11.6 Å². The van der Waals surface area contributed by atoms with E-state index in [-0.39, 0.29) is 0 Å². The molecule has 28 heavy (non-hydrogen) atoms. The second-order valence-electron chi connectivity index (χ2n) is 6.98. The summed E-state index contributed by atoms with van der Waals surface area (Å²) in [6.45, 7) is 5.54. The lowest BCUT2D eigenvalue weighted by molar-refractivity contribution is 0.114. The Labute approximate surface area is 169 Å². The topological polar surface area (TPSA) is 71.2 Å². The average molecular weight is 399 g/mol. The summed E-state index contributed by atoms with van der Waals surface area (Å²) in [7, 11) is 0. The number of benzene rings is 1. The lowest BCUT2D eigenvalue weighted by Gasteiger charge is -2.34. The number of aromatic nitrogens is 4. The lowest BCUT2D eigenvalue weighted by atomic mass is 10.2. The summed E-state index contributed by atoms with van der Waals surface area (Å²) < 4.78 is 5.81. The maximum Gasteiger partial charge on any atom is 0.230 e. The Morgan fingerprint density at radius 2 is 1.54 bits per heavy atom. The van der Waals surface area contributed by atoms with Crippen molar-refractivity contribution in [1.82, 2.24) is 30.0 Å². The Morgan fingerprint density at radius 3 is 2.29 bits per heavy atom. The molecule has 0 atom stereocenters. The lowest BCUT2D eigenvalue weighted by Crippen LogP contribution is -2.45. The number of hydrogen-bond acceptors (Lipinski definition) is 7. The largest absolute Gasteiger partial charge is 0.424 e. The molecule has 1 aromatic carbocycles. The van der Waals surface area contributed by atoms with Crippen molar-refractivity contribution in [2.75, 3.05) is 26.2 Å². The van der Waals surface area contributed by atoms with Crippen LogP contribution in [0.1, 0.15) is 22.9 Å². The summed E-state index contributed by atoms with van der Waals surface area (Å²) in [4.78, 5) is 12.8. The van der Waals surface area contributed by atoms with Crippen LogP contribution in [0.3, 0.4) is 0 Å². The molecule has 0 unspecified atom stereocenters. The summed E-state index contributed by atoms with van der Waals surface area (Å²) in [5, 5.41) is 9.21. The third kappa shape index (κ3) is 5.13. The highest BCUT2D eigenvalue weighted by molar-refractivity contribution is 6.31. The van der Waals surface area contributed by atoms with Gasteiger partial charge in [0.25, 0.3) is 0 Å². The van der Waals surface area contributed by atoms with Crippen LogP contribution >= 0.6 is 11.6 Å². The molecule has 0 N–H and O–H groups in total. The Kier molecular flexibility index (Phi) is 6.26. The van der Waals surface area contributed by atoms with Gasteiger partial charge in [-0.3, -0.25) is 9.80 Å². The van der Waals surface area contributed by atoms with E-state index >= 15 is 0 Å². The molecule has 1 fully saturated rings. The molecule has 3 heterocycles. The van der Waals surface area contributed by atoms with Crippen molar-refractivity contribution in [3.05, 3.63) is 70.9 Å². The van der Waals surface area contributed by atoms with Crippen LogP contribution in [-0.2, 0) is 25.9 Å². The van der Waals surface area contributed by atoms with Crippen molar-refractivity contribution in [2.45, 2.75) is 25.9 Å². The molecule has 4 rings (SSSR count). The first-order chi connectivity index (χ1) is 13.8. The van der Waals surface area contributed by atoms with Crippen molar-refractivity contribution in [3.8, 4) is 0 Å². The average Bonchev–Trinajstić information content (AvgIpc) is 3.18. The Morgan fingerprint density at radius 1 is 0.857 bits per heavy atom. The van der Waals surface area contributed by atoms with Gasteiger partial charge >= 0.3 is 0 Å². The Balaban J connectivity index is 1.23. The van der Waals surface area contributed by atoms with E-state index in [9.17, 15) is 0 Å². The number of nitrogens with zero attached hydrogens (tertiary/aromatic N) is 6.